The fourth-order valence-electron chi connectivity index (χ4n) is 3.18. The minimum atomic E-state index is -0.745. The number of urea groups is 1. The highest BCUT2D eigenvalue weighted by molar-refractivity contribution is 9.10. The van der Waals surface area contributed by atoms with Gasteiger partial charge in [0.2, 0.25) is 0 Å². The summed E-state index contributed by atoms with van der Waals surface area (Å²) in [5.41, 5.74) is 1.32. The number of ether oxygens (including phenoxy) is 4. The Hall–Kier alpha value is -3.20. The van der Waals surface area contributed by atoms with Gasteiger partial charge in [-0.15, -0.1) is 0 Å². The van der Waals surface area contributed by atoms with Crippen LogP contribution >= 0.6 is 15.9 Å². The molecule has 0 saturated heterocycles. The zero-order valence-electron chi connectivity index (χ0n) is 17.4. The molecule has 0 saturated carbocycles. The van der Waals surface area contributed by atoms with E-state index in [2.05, 4.69) is 26.6 Å². The molecule has 0 fully saturated rings. The summed E-state index contributed by atoms with van der Waals surface area (Å²) < 4.78 is 22.3. The first-order chi connectivity index (χ1) is 14.9. The average molecular weight is 491 g/mol. The largest absolute Gasteiger partial charge is 0.493 e. The van der Waals surface area contributed by atoms with Crippen LogP contribution in [-0.4, -0.2) is 39.4 Å². The topological polar surface area (TPSA) is 95.1 Å². The van der Waals surface area contributed by atoms with E-state index in [1.54, 1.807) is 19.1 Å². The number of methoxy groups -OCH3 is 2. The van der Waals surface area contributed by atoms with E-state index in [1.807, 2.05) is 30.3 Å². The van der Waals surface area contributed by atoms with Gasteiger partial charge < -0.3 is 29.6 Å². The fourth-order valence-corrected chi connectivity index (χ4v) is 3.73. The first-order valence-electron chi connectivity index (χ1n) is 9.49. The highest BCUT2D eigenvalue weighted by Gasteiger charge is 2.34. The molecule has 1 atom stereocenters. The Morgan fingerprint density at radius 3 is 2.42 bits per heavy atom. The smallest absolute Gasteiger partial charge is 0.338 e. The summed E-state index contributed by atoms with van der Waals surface area (Å²) in [5, 5.41) is 5.40. The minimum Gasteiger partial charge on any atom is -0.493 e. The van der Waals surface area contributed by atoms with Gasteiger partial charge in [0.05, 0.1) is 25.8 Å². The highest BCUT2D eigenvalue weighted by atomic mass is 79.9. The lowest BCUT2D eigenvalue weighted by molar-refractivity contribution is -0.140. The summed E-state index contributed by atoms with van der Waals surface area (Å²) in [5.74, 6) is 1.11. The summed E-state index contributed by atoms with van der Waals surface area (Å²) in [6.07, 6.45) is 0. The molecule has 2 amide bonds. The van der Waals surface area contributed by atoms with Gasteiger partial charge in [-0.1, -0.05) is 34.1 Å². The third-order valence-electron chi connectivity index (χ3n) is 4.63. The molecular weight excluding hydrogens is 468 g/mol. The Kier molecular flexibility index (Phi) is 7.41. The SMILES string of the molecule is COc1cc(Br)c([C@@H]2NC(=O)NC(C)=C2C(=O)OCCOc2ccccc2)cc1OC. The van der Waals surface area contributed by atoms with Crippen molar-refractivity contribution in [1.82, 2.24) is 10.6 Å². The van der Waals surface area contributed by atoms with E-state index in [0.29, 0.717) is 33.0 Å². The second kappa shape index (κ2) is 10.2. The van der Waals surface area contributed by atoms with Gasteiger partial charge in [0.1, 0.15) is 19.0 Å². The van der Waals surface area contributed by atoms with Crippen molar-refractivity contribution >= 4 is 27.9 Å². The summed E-state index contributed by atoms with van der Waals surface area (Å²) in [6, 6.07) is 11.5. The van der Waals surface area contributed by atoms with E-state index in [9.17, 15) is 9.59 Å². The van der Waals surface area contributed by atoms with Gasteiger partial charge in [-0.05, 0) is 36.8 Å². The van der Waals surface area contributed by atoms with Crippen molar-refractivity contribution in [2.75, 3.05) is 27.4 Å². The summed E-state index contributed by atoms with van der Waals surface area (Å²) in [7, 11) is 3.04. The number of benzene rings is 2. The number of rotatable bonds is 8. The third-order valence-corrected chi connectivity index (χ3v) is 5.32. The Morgan fingerprint density at radius 1 is 1.06 bits per heavy atom. The molecule has 2 N–H and O–H groups in total. The lowest BCUT2D eigenvalue weighted by atomic mass is 9.95. The zero-order chi connectivity index (χ0) is 22.4. The lowest BCUT2D eigenvalue weighted by Crippen LogP contribution is -2.45. The average Bonchev–Trinajstić information content (AvgIpc) is 2.76. The van der Waals surface area contributed by atoms with E-state index < -0.39 is 18.0 Å². The number of nitrogens with one attached hydrogen (secondary N) is 2. The maximum Gasteiger partial charge on any atom is 0.338 e. The lowest BCUT2D eigenvalue weighted by Gasteiger charge is -2.29. The van der Waals surface area contributed by atoms with Crippen LogP contribution in [0.5, 0.6) is 17.2 Å². The molecule has 2 aromatic rings. The standard InChI is InChI=1S/C22H23BrN2O6/c1-13-19(21(26)31-10-9-30-14-7-5-4-6-8-14)20(25-22(27)24-13)15-11-17(28-2)18(29-3)12-16(15)23/h4-8,11-12,20H,9-10H2,1-3H3,(H2,24,25,27)/t20-/m0/s1. The molecule has 1 aliphatic rings. The monoisotopic (exact) mass is 490 g/mol. The highest BCUT2D eigenvalue weighted by Crippen LogP contribution is 2.39. The van der Waals surface area contributed by atoms with Crippen molar-refractivity contribution in [3.05, 3.63) is 63.8 Å². The second-order valence-electron chi connectivity index (χ2n) is 6.60. The van der Waals surface area contributed by atoms with Crippen molar-refractivity contribution in [1.29, 1.82) is 0 Å². The Labute approximate surface area is 188 Å². The van der Waals surface area contributed by atoms with E-state index in [4.69, 9.17) is 18.9 Å². The molecule has 164 valence electrons. The number of esters is 1. The first-order valence-corrected chi connectivity index (χ1v) is 10.3. The normalized spacial score (nSPS) is 15.6. The van der Waals surface area contributed by atoms with Crippen molar-refractivity contribution in [2.24, 2.45) is 0 Å². The quantitative estimate of drug-likeness (QED) is 0.432. The van der Waals surface area contributed by atoms with E-state index in [1.165, 1.54) is 14.2 Å². The van der Waals surface area contributed by atoms with Gasteiger partial charge >= 0.3 is 12.0 Å². The first kappa shape index (κ1) is 22.5. The molecule has 0 unspecified atom stereocenters. The van der Waals surface area contributed by atoms with Crippen molar-refractivity contribution < 1.29 is 28.5 Å². The number of carbonyl (C=O) groups is 2. The van der Waals surface area contributed by atoms with Crippen LogP contribution in [0, 0.1) is 0 Å². The van der Waals surface area contributed by atoms with Crippen LogP contribution in [0.4, 0.5) is 4.79 Å². The van der Waals surface area contributed by atoms with Gasteiger partial charge in [-0.2, -0.15) is 0 Å². The van der Waals surface area contributed by atoms with Crippen LogP contribution in [0.1, 0.15) is 18.5 Å². The number of amides is 2. The number of para-hydroxylation sites is 1. The van der Waals surface area contributed by atoms with Gasteiger partial charge in [0.15, 0.2) is 11.5 Å². The summed E-state index contributed by atoms with van der Waals surface area (Å²) >= 11 is 3.49. The van der Waals surface area contributed by atoms with E-state index >= 15 is 0 Å². The predicted molar refractivity (Wildman–Crippen MR) is 117 cm³/mol. The Morgan fingerprint density at radius 2 is 1.74 bits per heavy atom. The third kappa shape index (κ3) is 5.29. The minimum absolute atomic E-state index is 0.0538. The Balaban J connectivity index is 1.79. The molecule has 8 nitrogen and oxygen atoms in total. The number of hydrogen-bond donors (Lipinski definition) is 2. The number of hydrogen-bond acceptors (Lipinski definition) is 6. The van der Waals surface area contributed by atoms with E-state index in [-0.39, 0.29) is 18.8 Å². The molecule has 0 aliphatic carbocycles. The molecule has 1 aliphatic heterocycles. The Bertz CT molecular complexity index is 993. The van der Waals surface area contributed by atoms with Crippen LogP contribution < -0.4 is 24.8 Å². The molecule has 0 bridgehead atoms. The van der Waals surface area contributed by atoms with Crippen molar-refractivity contribution in [3.8, 4) is 17.2 Å². The number of halogens is 1. The number of allylic oxidation sites excluding steroid dienone is 1. The van der Waals surface area contributed by atoms with Gasteiger partial charge in [-0.3, -0.25) is 0 Å². The van der Waals surface area contributed by atoms with Crippen LogP contribution in [0.15, 0.2) is 58.2 Å². The maximum absolute atomic E-state index is 12.9. The summed E-state index contributed by atoms with van der Waals surface area (Å²) in [4.78, 5) is 25.0. The number of carbonyl (C=O) groups excluding carboxylic acids is 2. The molecule has 0 radical (unpaired) electrons. The summed E-state index contributed by atoms with van der Waals surface area (Å²) in [6.45, 7) is 1.91. The van der Waals surface area contributed by atoms with Crippen molar-refractivity contribution in [2.45, 2.75) is 13.0 Å². The molecule has 31 heavy (non-hydrogen) atoms. The van der Waals surface area contributed by atoms with Crippen LogP contribution in [0.2, 0.25) is 0 Å². The van der Waals surface area contributed by atoms with Gasteiger partial charge in [0, 0.05) is 10.2 Å². The predicted octanol–water partition coefficient (Wildman–Crippen LogP) is 3.72. The molecular formula is C22H23BrN2O6. The molecule has 0 spiro atoms. The molecule has 9 heteroatoms. The second-order valence-corrected chi connectivity index (χ2v) is 7.45. The zero-order valence-corrected chi connectivity index (χ0v) is 18.9. The fraction of sp³-hybridized carbons (Fsp3) is 0.273. The molecule has 2 aromatic carbocycles. The van der Waals surface area contributed by atoms with Crippen LogP contribution in [0.25, 0.3) is 0 Å². The van der Waals surface area contributed by atoms with Gasteiger partial charge in [-0.25, -0.2) is 9.59 Å². The van der Waals surface area contributed by atoms with Crippen molar-refractivity contribution in [3.63, 3.8) is 0 Å². The van der Waals surface area contributed by atoms with Gasteiger partial charge in [0.25, 0.3) is 0 Å². The van der Waals surface area contributed by atoms with Crippen LogP contribution in [0.3, 0.4) is 0 Å². The molecule has 3 rings (SSSR count). The molecule has 1 heterocycles. The van der Waals surface area contributed by atoms with E-state index in [0.717, 1.165) is 0 Å². The maximum atomic E-state index is 12.9. The molecule has 0 aromatic heterocycles. The van der Waals surface area contributed by atoms with Crippen LogP contribution in [-0.2, 0) is 9.53 Å².